The van der Waals surface area contributed by atoms with Crippen molar-refractivity contribution in [3.8, 4) is 0 Å². The molecular weight excluding hydrogens is 492 g/mol. The second kappa shape index (κ2) is 10.7. The zero-order chi connectivity index (χ0) is 21.5. The van der Waals surface area contributed by atoms with Crippen molar-refractivity contribution in [2.45, 2.75) is 0 Å². The van der Waals surface area contributed by atoms with Crippen molar-refractivity contribution in [2.75, 3.05) is 4.90 Å². The van der Waals surface area contributed by atoms with Crippen molar-refractivity contribution >= 4 is 75.3 Å². The van der Waals surface area contributed by atoms with Crippen LogP contribution in [0.2, 0.25) is 26.4 Å². The number of hydrogen-bond donors (Lipinski definition) is 0. The van der Waals surface area contributed by atoms with Crippen LogP contribution in [-0.4, -0.2) is 29.9 Å². The predicted octanol–water partition coefficient (Wildman–Crippen LogP) is 6.48. The molecule has 0 saturated carbocycles. The zero-order valence-electron chi connectivity index (χ0n) is 14.8. The highest BCUT2D eigenvalue weighted by molar-refractivity contribution is 6.33. The molecule has 30 heavy (non-hydrogen) atoms. The van der Waals surface area contributed by atoms with Crippen LogP contribution >= 0.6 is 58.0 Å². The summed E-state index contributed by atoms with van der Waals surface area (Å²) in [7, 11) is 0. The Labute approximate surface area is 196 Å². The van der Waals surface area contributed by atoms with E-state index >= 15 is 0 Å². The fraction of sp³-hybridized carbons (Fsp3) is 0. The van der Waals surface area contributed by atoms with E-state index in [1.54, 1.807) is 0 Å². The van der Waals surface area contributed by atoms with Gasteiger partial charge in [-0.25, -0.2) is 0 Å². The highest BCUT2D eigenvalue weighted by Crippen LogP contribution is 2.32. The first-order valence-electron chi connectivity index (χ1n) is 8.12. The number of halogens is 5. The van der Waals surface area contributed by atoms with Crippen LogP contribution in [0.25, 0.3) is 0 Å². The molecule has 0 spiro atoms. The van der Waals surface area contributed by atoms with E-state index in [1.807, 2.05) is 65.6 Å². The lowest BCUT2D eigenvalue weighted by molar-refractivity contribution is 1.01. The maximum Gasteiger partial charge on any atom is 0.240 e. The van der Waals surface area contributed by atoms with Gasteiger partial charge in [0.2, 0.25) is 32.4 Å². The molecule has 0 aliphatic carbocycles. The second-order valence-electron chi connectivity index (χ2n) is 5.32. The summed E-state index contributed by atoms with van der Waals surface area (Å²) in [6.07, 6.45) is 0. The molecule has 0 aliphatic rings. The van der Waals surface area contributed by atoms with Gasteiger partial charge in [-0.15, -0.1) is 0 Å². The van der Waals surface area contributed by atoms with E-state index in [2.05, 4.69) is 29.9 Å². The SMILES string of the molecule is Clc1nc(Cl)nc(Cl)n1.Clc1nc(Cl)nc(N(c2ccccc2)c2ccccc2)n1. The molecule has 0 atom stereocenters. The monoisotopic (exact) mass is 499 g/mol. The fourth-order valence-corrected chi connectivity index (χ4v) is 3.22. The third-order valence-corrected chi connectivity index (χ3v) is 4.20. The van der Waals surface area contributed by atoms with E-state index in [1.165, 1.54) is 0 Å². The molecule has 12 heteroatoms. The Bertz CT molecular complexity index is 1010. The quantitative estimate of drug-likeness (QED) is 0.318. The third kappa shape index (κ3) is 6.35. The van der Waals surface area contributed by atoms with Crippen molar-refractivity contribution in [3.63, 3.8) is 0 Å². The summed E-state index contributed by atoms with van der Waals surface area (Å²) in [4.78, 5) is 24.4. The normalized spacial score (nSPS) is 10.2. The highest BCUT2D eigenvalue weighted by atomic mass is 35.5. The van der Waals surface area contributed by atoms with Crippen LogP contribution in [-0.2, 0) is 0 Å². The smallest absolute Gasteiger partial charge is 0.240 e. The first-order chi connectivity index (χ1) is 14.4. The van der Waals surface area contributed by atoms with Gasteiger partial charge in [-0.05, 0) is 82.3 Å². The number of hydrogen-bond acceptors (Lipinski definition) is 7. The fourth-order valence-electron chi connectivity index (χ4n) is 2.25. The summed E-state index contributed by atoms with van der Waals surface area (Å²) >= 11 is 27.7. The Balaban J connectivity index is 0.000000239. The van der Waals surface area contributed by atoms with Gasteiger partial charge < -0.3 is 0 Å². The predicted molar refractivity (Wildman–Crippen MR) is 119 cm³/mol. The maximum absolute atomic E-state index is 5.90. The van der Waals surface area contributed by atoms with Crippen molar-refractivity contribution in [1.29, 1.82) is 0 Å². The third-order valence-electron chi connectivity index (χ3n) is 3.35. The van der Waals surface area contributed by atoms with Gasteiger partial charge in [0, 0.05) is 11.4 Å². The minimum absolute atomic E-state index is 0.000000000000000444. The maximum atomic E-state index is 5.90. The number of rotatable bonds is 3. The standard InChI is InChI=1S/C15H10Cl2N4.C3Cl3N3/c16-13-18-14(17)20-15(19-13)21(11-7-3-1-4-8-11)12-9-5-2-6-10-12;4-1-7-2(5)9-3(6)8-1/h1-10H;. The van der Waals surface area contributed by atoms with Gasteiger partial charge in [0.15, 0.2) is 0 Å². The summed E-state index contributed by atoms with van der Waals surface area (Å²) < 4.78 is 0. The van der Waals surface area contributed by atoms with Crippen LogP contribution in [0.5, 0.6) is 0 Å². The minimum atomic E-state index is 0.000000000000000444. The molecule has 152 valence electrons. The van der Waals surface area contributed by atoms with E-state index in [4.69, 9.17) is 58.0 Å². The Morgan fingerprint density at radius 3 is 1.07 bits per heavy atom. The number of aromatic nitrogens is 6. The number of anilines is 3. The van der Waals surface area contributed by atoms with Crippen LogP contribution in [0.1, 0.15) is 0 Å². The Kier molecular flexibility index (Phi) is 7.95. The van der Waals surface area contributed by atoms with Crippen LogP contribution in [0.3, 0.4) is 0 Å². The zero-order valence-corrected chi connectivity index (χ0v) is 18.6. The summed E-state index contributed by atoms with van der Waals surface area (Å²) in [6.45, 7) is 0. The van der Waals surface area contributed by atoms with Gasteiger partial charge in [0.05, 0.1) is 0 Å². The first-order valence-corrected chi connectivity index (χ1v) is 10.0. The van der Waals surface area contributed by atoms with Crippen LogP contribution in [0.4, 0.5) is 17.3 Å². The van der Waals surface area contributed by atoms with Crippen molar-refractivity contribution in [2.24, 2.45) is 0 Å². The molecule has 2 heterocycles. The van der Waals surface area contributed by atoms with E-state index in [-0.39, 0.29) is 26.4 Å². The van der Waals surface area contributed by atoms with Crippen LogP contribution < -0.4 is 4.90 Å². The lowest BCUT2D eigenvalue weighted by atomic mass is 10.2. The molecule has 4 rings (SSSR count). The van der Waals surface area contributed by atoms with Gasteiger partial charge in [-0.1, -0.05) is 36.4 Å². The summed E-state index contributed by atoms with van der Waals surface area (Å²) in [5.74, 6) is 0.373. The van der Waals surface area contributed by atoms with Crippen molar-refractivity contribution < 1.29 is 0 Å². The summed E-state index contributed by atoms with van der Waals surface area (Å²) in [6, 6.07) is 19.5. The Hall–Kier alpha value is -2.29. The number of para-hydroxylation sites is 2. The summed E-state index contributed by atoms with van der Waals surface area (Å²) in [5.41, 5.74) is 1.81. The molecule has 2 aromatic carbocycles. The number of benzene rings is 2. The van der Waals surface area contributed by atoms with Gasteiger partial charge in [0.1, 0.15) is 0 Å². The molecular formula is C18H10Cl5N7. The van der Waals surface area contributed by atoms with Gasteiger partial charge in [0.25, 0.3) is 0 Å². The molecule has 0 aliphatic heterocycles. The van der Waals surface area contributed by atoms with Gasteiger partial charge in [-0.2, -0.15) is 29.9 Å². The van der Waals surface area contributed by atoms with E-state index < -0.39 is 0 Å². The molecule has 0 amide bonds. The largest absolute Gasteiger partial charge is 0.279 e. The van der Waals surface area contributed by atoms with Crippen LogP contribution in [0.15, 0.2) is 60.7 Å². The molecule has 0 bridgehead atoms. The molecule has 4 aromatic rings. The lowest BCUT2D eigenvalue weighted by Gasteiger charge is -2.22. The first kappa shape index (κ1) is 22.4. The van der Waals surface area contributed by atoms with E-state index in [0.717, 1.165) is 11.4 Å². The minimum Gasteiger partial charge on any atom is -0.279 e. The average Bonchev–Trinajstić information content (AvgIpc) is 2.68. The van der Waals surface area contributed by atoms with E-state index in [9.17, 15) is 0 Å². The van der Waals surface area contributed by atoms with Crippen molar-refractivity contribution in [1.82, 2.24) is 29.9 Å². The molecule has 0 fully saturated rings. The molecule has 2 aromatic heterocycles. The van der Waals surface area contributed by atoms with E-state index in [0.29, 0.717) is 5.95 Å². The molecule has 0 unspecified atom stereocenters. The lowest BCUT2D eigenvalue weighted by Crippen LogP contribution is -2.13. The van der Waals surface area contributed by atoms with Crippen molar-refractivity contribution in [3.05, 3.63) is 87.1 Å². The average molecular weight is 502 g/mol. The van der Waals surface area contributed by atoms with Crippen LogP contribution in [0, 0.1) is 0 Å². The highest BCUT2D eigenvalue weighted by Gasteiger charge is 2.16. The second-order valence-corrected chi connectivity index (χ2v) is 7.01. The Morgan fingerprint density at radius 1 is 0.433 bits per heavy atom. The van der Waals surface area contributed by atoms with Gasteiger partial charge >= 0.3 is 0 Å². The summed E-state index contributed by atoms with van der Waals surface area (Å²) in [5, 5.41) is 0.115. The molecule has 0 radical (unpaired) electrons. The molecule has 7 nitrogen and oxygen atoms in total. The Morgan fingerprint density at radius 2 is 0.733 bits per heavy atom. The molecule has 0 N–H and O–H groups in total. The molecule has 0 saturated heterocycles. The topological polar surface area (TPSA) is 80.6 Å². The van der Waals surface area contributed by atoms with Gasteiger partial charge in [-0.3, -0.25) is 4.90 Å². The number of nitrogens with zero attached hydrogens (tertiary/aromatic N) is 7.